The number of carbonyl (C=O) groups excluding carboxylic acids is 1. The van der Waals surface area contributed by atoms with E-state index in [-0.39, 0.29) is 18.6 Å². The van der Waals surface area contributed by atoms with Gasteiger partial charge >= 0.3 is 0 Å². The number of aliphatic hydroxyl groups is 1. The van der Waals surface area contributed by atoms with Gasteiger partial charge in [0, 0.05) is 6.42 Å². The Hall–Kier alpha value is -1.09. The summed E-state index contributed by atoms with van der Waals surface area (Å²) < 4.78 is 0. The van der Waals surface area contributed by atoms with Crippen LogP contribution in [-0.4, -0.2) is 23.7 Å². The summed E-state index contributed by atoms with van der Waals surface area (Å²) in [4.78, 5) is 11.9. The van der Waals surface area contributed by atoms with E-state index in [0.717, 1.165) is 32.1 Å². The molecule has 2 atom stereocenters. The standard InChI is InChI=1S/C24H45NO2/c1-4-6-7-8-9-10-11-12-13-14-15-16-17-18-19-20-24(27)25-23(21-26)22(3)5-2/h9-10,12-13,22-23,26H,4-8,11,14-21H2,1-3H3,(H,25,27)/b10-9-,13-12-/t22?,23-/m1/s1. The smallest absolute Gasteiger partial charge is 0.220 e. The molecule has 0 heterocycles. The van der Waals surface area contributed by atoms with Gasteiger partial charge in [0.15, 0.2) is 0 Å². The first kappa shape index (κ1) is 25.9. The summed E-state index contributed by atoms with van der Waals surface area (Å²) in [6.07, 6.45) is 23.9. The van der Waals surface area contributed by atoms with E-state index in [1.54, 1.807) is 0 Å². The maximum Gasteiger partial charge on any atom is 0.220 e. The number of aliphatic hydroxyl groups excluding tert-OH is 1. The van der Waals surface area contributed by atoms with Crippen LogP contribution in [0.5, 0.6) is 0 Å². The van der Waals surface area contributed by atoms with Crippen molar-refractivity contribution in [1.29, 1.82) is 0 Å². The van der Waals surface area contributed by atoms with Crippen molar-refractivity contribution in [3.05, 3.63) is 24.3 Å². The molecule has 1 unspecified atom stereocenters. The number of rotatable bonds is 18. The highest BCUT2D eigenvalue weighted by Crippen LogP contribution is 2.10. The Morgan fingerprint density at radius 1 is 0.889 bits per heavy atom. The lowest BCUT2D eigenvalue weighted by Crippen LogP contribution is -2.41. The van der Waals surface area contributed by atoms with Gasteiger partial charge < -0.3 is 10.4 Å². The monoisotopic (exact) mass is 379 g/mol. The lowest BCUT2D eigenvalue weighted by Gasteiger charge is -2.22. The van der Waals surface area contributed by atoms with Gasteiger partial charge in [0.2, 0.25) is 5.91 Å². The Kier molecular flexibility index (Phi) is 18.9. The first-order chi connectivity index (χ1) is 13.2. The maximum atomic E-state index is 11.9. The molecule has 1 amide bonds. The highest BCUT2D eigenvalue weighted by molar-refractivity contribution is 5.76. The van der Waals surface area contributed by atoms with Gasteiger partial charge in [0.05, 0.1) is 12.6 Å². The van der Waals surface area contributed by atoms with Gasteiger partial charge in [0.25, 0.3) is 0 Å². The van der Waals surface area contributed by atoms with E-state index in [2.05, 4.69) is 50.4 Å². The van der Waals surface area contributed by atoms with Crippen molar-refractivity contribution < 1.29 is 9.90 Å². The predicted octanol–water partition coefficient (Wildman–Crippen LogP) is 6.32. The molecule has 0 saturated carbocycles. The molecule has 0 aromatic heterocycles. The third-order valence-corrected chi connectivity index (χ3v) is 5.23. The van der Waals surface area contributed by atoms with Crippen molar-refractivity contribution in [3.8, 4) is 0 Å². The van der Waals surface area contributed by atoms with Crippen LogP contribution >= 0.6 is 0 Å². The lowest BCUT2D eigenvalue weighted by atomic mass is 9.99. The first-order valence-electron chi connectivity index (χ1n) is 11.4. The Bertz CT molecular complexity index is 390. The number of unbranched alkanes of at least 4 members (excludes halogenated alkanes) is 8. The molecule has 0 radical (unpaired) electrons. The van der Waals surface area contributed by atoms with Crippen molar-refractivity contribution >= 4 is 5.91 Å². The van der Waals surface area contributed by atoms with Crippen molar-refractivity contribution in [1.82, 2.24) is 5.32 Å². The number of allylic oxidation sites excluding steroid dienone is 4. The van der Waals surface area contributed by atoms with E-state index in [9.17, 15) is 9.90 Å². The molecule has 0 saturated heterocycles. The van der Waals surface area contributed by atoms with Gasteiger partial charge in [-0.2, -0.15) is 0 Å². The molecule has 27 heavy (non-hydrogen) atoms. The maximum absolute atomic E-state index is 11.9. The minimum absolute atomic E-state index is 0.0307. The molecule has 0 aliphatic heterocycles. The van der Waals surface area contributed by atoms with Crippen LogP contribution in [0.4, 0.5) is 0 Å². The normalized spacial score (nSPS) is 14.1. The Morgan fingerprint density at radius 3 is 2.07 bits per heavy atom. The quantitative estimate of drug-likeness (QED) is 0.216. The van der Waals surface area contributed by atoms with Gasteiger partial charge in [-0.05, 0) is 44.4 Å². The Morgan fingerprint density at radius 2 is 1.48 bits per heavy atom. The molecule has 0 rings (SSSR count). The zero-order valence-electron chi connectivity index (χ0n) is 18.2. The van der Waals surface area contributed by atoms with Crippen molar-refractivity contribution in [2.45, 2.75) is 110 Å². The molecular weight excluding hydrogens is 334 g/mol. The third-order valence-electron chi connectivity index (χ3n) is 5.23. The molecule has 2 N–H and O–H groups in total. The van der Waals surface area contributed by atoms with Gasteiger partial charge in [0.1, 0.15) is 0 Å². The summed E-state index contributed by atoms with van der Waals surface area (Å²) in [5.74, 6) is 0.406. The van der Waals surface area contributed by atoms with Gasteiger partial charge in [-0.25, -0.2) is 0 Å². The van der Waals surface area contributed by atoms with Crippen molar-refractivity contribution in [3.63, 3.8) is 0 Å². The van der Waals surface area contributed by atoms with Crippen LogP contribution in [0.25, 0.3) is 0 Å². The Balaban J connectivity index is 3.48. The van der Waals surface area contributed by atoms with Crippen LogP contribution in [0.3, 0.4) is 0 Å². The summed E-state index contributed by atoms with van der Waals surface area (Å²) in [5.41, 5.74) is 0. The van der Waals surface area contributed by atoms with E-state index < -0.39 is 0 Å². The average molecular weight is 380 g/mol. The number of nitrogens with one attached hydrogen (secondary N) is 1. The molecule has 0 aromatic carbocycles. The predicted molar refractivity (Wildman–Crippen MR) is 118 cm³/mol. The summed E-state index contributed by atoms with van der Waals surface area (Å²) >= 11 is 0. The third kappa shape index (κ3) is 16.8. The first-order valence-corrected chi connectivity index (χ1v) is 11.4. The number of amides is 1. The van der Waals surface area contributed by atoms with E-state index >= 15 is 0 Å². The van der Waals surface area contributed by atoms with Crippen LogP contribution in [0.2, 0.25) is 0 Å². The molecule has 3 nitrogen and oxygen atoms in total. The summed E-state index contributed by atoms with van der Waals surface area (Å²) in [7, 11) is 0. The second-order valence-corrected chi connectivity index (χ2v) is 7.72. The van der Waals surface area contributed by atoms with Crippen LogP contribution < -0.4 is 5.32 Å². The van der Waals surface area contributed by atoms with E-state index in [1.807, 2.05) is 0 Å². The van der Waals surface area contributed by atoms with Gasteiger partial charge in [-0.15, -0.1) is 0 Å². The lowest BCUT2D eigenvalue weighted by molar-refractivity contribution is -0.122. The fourth-order valence-corrected chi connectivity index (χ4v) is 3.03. The molecule has 0 spiro atoms. The number of carbonyl (C=O) groups is 1. The molecule has 0 aromatic rings. The van der Waals surface area contributed by atoms with Crippen molar-refractivity contribution in [2.75, 3.05) is 6.61 Å². The van der Waals surface area contributed by atoms with E-state index in [0.29, 0.717) is 12.3 Å². The van der Waals surface area contributed by atoms with Crippen LogP contribution in [-0.2, 0) is 4.79 Å². The largest absolute Gasteiger partial charge is 0.394 e. The van der Waals surface area contributed by atoms with Crippen LogP contribution in [0.15, 0.2) is 24.3 Å². The molecule has 0 aliphatic rings. The average Bonchev–Trinajstić information content (AvgIpc) is 2.68. The van der Waals surface area contributed by atoms with E-state index in [4.69, 9.17) is 0 Å². The van der Waals surface area contributed by atoms with Gasteiger partial charge in [-0.3, -0.25) is 4.79 Å². The molecule has 0 bridgehead atoms. The van der Waals surface area contributed by atoms with Crippen LogP contribution in [0, 0.1) is 5.92 Å². The van der Waals surface area contributed by atoms with Gasteiger partial charge in [-0.1, -0.05) is 83.6 Å². The SMILES string of the molecule is CCCCC/C=C\C/C=C\CCCCCCCC(=O)N[C@H](CO)C(C)CC. The second-order valence-electron chi connectivity index (χ2n) is 7.72. The highest BCUT2D eigenvalue weighted by Gasteiger charge is 2.16. The number of hydrogen-bond acceptors (Lipinski definition) is 2. The fraction of sp³-hybridized carbons (Fsp3) is 0.792. The molecular formula is C24H45NO2. The molecule has 158 valence electrons. The zero-order valence-corrected chi connectivity index (χ0v) is 18.2. The minimum Gasteiger partial charge on any atom is -0.394 e. The van der Waals surface area contributed by atoms with E-state index in [1.165, 1.54) is 44.9 Å². The molecule has 3 heteroatoms. The molecule has 0 aliphatic carbocycles. The Labute approximate surface area is 168 Å². The van der Waals surface area contributed by atoms with Crippen LogP contribution in [0.1, 0.15) is 104 Å². The summed E-state index contributed by atoms with van der Waals surface area (Å²) in [6, 6.07) is -0.0968. The van der Waals surface area contributed by atoms with Crippen molar-refractivity contribution in [2.24, 2.45) is 5.92 Å². The highest BCUT2D eigenvalue weighted by atomic mass is 16.3. The molecule has 0 fully saturated rings. The topological polar surface area (TPSA) is 49.3 Å². The zero-order chi connectivity index (χ0) is 20.2. The second kappa shape index (κ2) is 19.7. The summed E-state index contributed by atoms with van der Waals surface area (Å²) in [5, 5.41) is 12.3. The number of hydrogen-bond donors (Lipinski definition) is 2. The minimum atomic E-state index is -0.0968. The fourth-order valence-electron chi connectivity index (χ4n) is 3.03. The summed E-state index contributed by atoms with van der Waals surface area (Å²) in [6.45, 7) is 6.42.